The van der Waals surface area contributed by atoms with E-state index in [1.165, 1.54) is 6.42 Å². The first-order chi connectivity index (χ1) is 11.7. The van der Waals surface area contributed by atoms with Gasteiger partial charge in [-0.15, -0.1) is 22.6 Å². The fourth-order valence-corrected chi connectivity index (χ4v) is 4.23. The first-order valence-electron chi connectivity index (χ1n) is 8.66. The summed E-state index contributed by atoms with van der Waals surface area (Å²) in [7, 11) is 1.91. The van der Waals surface area contributed by atoms with Gasteiger partial charge in [-0.1, -0.05) is 25.0 Å². The van der Waals surface area contributed by atoms with E-state index in [4.69, 9.17) is 0 Å². The van der Waals surface area contributed by atoms with Crippen molar-refractivity contribution in [1.82, 2.24) is 20.1 Å². The van der Waals surface area contributed by atoms with Gasteiger partial charge in [0.05, 0.1) is 5.41 Å². The lowest BCUT2D eigenvalue weighted by Crippen LogP contribution is -2.44. The average Bonchev–Trinajstić information content (AvgIpc) is 3.21. The summed E-state index contributed by atoms with van der Waals surface area (Å²) < 4.78 is 1.87. The Morgan fingerprint density at radius 1 is 1.40 bits per heavy atom. The second-order valence-corrected chi connectivity index (χ2v) is 7.03. The molecule has 25 heavy (non-hydrogen) atoms. The molecule has 0 unspecified atom stereocenters. The Hall–Kier alpha value is -1.92. The topological polar surface area (TPSA) is 71.8 Å². The van der Waals surface area contributed by atoms with Crippen LogP contribution < -0.4 is 10.6 Å². The summed E-state index contributed by atoms with van der Waals surface area (Å²) in [6.07, 6.45) is 6.20. The van der Waals surface area contributed by atoms with E-state index >= 15 is 0 Å². The number of carbonyl (C=O) groups is 1. The molecule has 0 spiro atoms. The van der Waals surface area contributed by atoms with Crippen molar-refractivity contribution in [3.05, 3.63) is 30.6 Å². The standard InChI is InChI=1S/C18H23N5O.ClH/c1-23-12-20-22-16(23)13-5-4-7-15(9-13)21-17(24)18-8-3-2-6-14(18)10-19-11-18;/h4-5,7,9,12,14,19H,2-3,6,8,10-11H2,1H3,(H,21,24);1H/t14-,18+;/m0./s1. The molecule has 1 aliphatic heterocycles. The molecule has 1 aliphatic carbocycles. The van der Waals surface area contributed by atoms with Gasteiger partial charge in [0.2, 0.25) is 5.91 Å². The van der Waals surface area contributed by atoms with Crippen LogP contribution in [-0.4, -0.2) is 33.8 Å². The third-order valence-electron chi connectivity index (χ3n) is 5.58. The van der Waals surface area contributed by atoms with Crippen molar-refractivity contribution < 1.29 is 4.79 Å². The third kappa shape index (κ3) is 3.16. The van der Waals surface area contributed by atoms with Gasteiger partial charge >= 0.3 is 0 Å². The zero-order valence-corrected chi connectivity index (χ0v) is 15.2. The highest BCUT2D eigenvalue weighted by atomic mass is 35.5. The van der Waals surface area contributed by atoms with Crippen LogP contribution >= 0.6 is 12.4 Å². The first-order valence-corrected chi connectivity index (χ1v) is 8.66. The maximum absolute atomic E-state index is 13.1. The molecular formula is C18H24ClN5O. The molecule has 2 heterocycles. The molecule has 1 aromatic heterocycles. The van der Waals surface area contributed by atoms with Crippen LogP contribution in [0.25, 0.3) is 11.4 Å². The SMILES string of the molecule is Cl.Cn1cnnc1-c1cccc(NC(=O)[C@@]23CCCC[C@H]2CNC3)c1. The highest BCUT2D eigenvalue weighted by Gasteiger charge is 2.49. The molecule has 1 saturated heterocycles. The van der Waals surface area contributed by atoms with Gasteiger partial charge in [0.1, 0.15) is 6.33 Å². The van der Waals surface area contributed by atoms with E-state index in [1.807, 2.05) is 35.9 Å². The highest BCUT2D eigenvalue weighted by molar-refractivity contribution is 5.96. The molecule has 7 heteroatoms. The molecule has 2 aliphatic rings. The van der Waals surface area contributed by atoms with Crippen molar-refractivity contribution in [2.45, 2.75) is 25.7 Å². The molecule has 1 saturated carbocycles. The number of rotatable bonds is 3. The van der Waals surface area contributed by atoms with Crippen molar-refractivity contribution in [2.24, 2.45) is 18.4 Å². The average molecular weight is 362 g/mol. The molecule has 2 atom stereocenters. The Balaban J connectivity index is 0.00000182. The minimum Gasteiger partial charge on any atom is -0.326 e. The second-order valence-electron chi connectivity index (χ2n) is 7.03. The zero-order chi connectivity index (χ0) is 16.6. The number of anilines is 1. The molecule has 0 radical (unpaired) electrons. The van der Waals surface area contributed by atoms with E-state index in [0.29, 0.717) is 5.92 Å². The number of amides is 1. The largest absolute Gasteiger partial charge is 0.326 e. The summed E-state index contributed by atoms with van der Waals surface area (Å²) >= 11 is 0. The lowest BCUT2D eigenvalue weighted by atomic mass is 9.67. The van der Waals surface area contributed by atoms with Gasteiger partial charge in [-0.2, -0.15) is 0 Å². The number of aryl methyl sites for hydroxylation is 1. The molecule has 6 nitrogen and oxygen atoms in total. The molecule has 1 amide bonds. The van der Waals surface area contributed by atoms with Crippen LogP contribution in [-0.2, 0) is 11.8 Å². The van der Waals surface area contributed by atoms with Crippen molar-refractivity contribution >= 4 is 24.0 Å². The molecule has 4 rings (SSSR count). The number of carbonyl (C=O) groups excluding carboxylic acids is 1. The summed E-state index contributed by atoms with van der Waals surface area (Å²) in [6.45, 7) is 1.76. The number of benzene rings is 1. The number of hydrogen-bond acceptors (Lipinski definition) is 4. The van der Waals surface area contributed by atoms with Gasteiger partial charge in [0.15, 0.2) is 5.82 Å². The minimum absolute atomic E-state index is 0. The van der Waals surface area contributed by atoms with Gasteiger partial charge in [-0.25, -0.2) is 0 Å². The van der Waals surface area contributed by atoms with Crippen LogP contribution in [0.5, 0.6) is 0 Å². The second kappa shape index (κ2) is 7.14. The van der Waals surface area contributed by atoms with Gasteiger partial charge in [-0.3, -0.25) is 4.79 Å². The van der Waals surface area contributed by atoms with Crippen LogP contribution in [0.2, 0.25) is 0 Å². The number of nitrogens with one attached hydrogen (secondary N) is 2. The van der Waals surface area contributed by atoms with Crippen LogP contribution in [0.15, 0.2) is 30.6 Å². The summed E-state index contributed by atoms with van der Waals surface area (Å²) in [5.41, 5.74) is 1.54. The van der Waals surface area contributed by atoms with E-state index in [0.717, 1.165) is 49.4 Å². The number of halogens is 1. The Labute approximate surface area is 153 Å². The van der Waals surface area contributed by atoms with E-state index in [1.54, 1.807) is 6.33 Å². The van der Waals surface area contributed by atoms with Gasteiger partial charge < -0.3 is 15.2 Å². The molecule has 0 bridgehead atoms. The Morgan fingerprint density at radius 2 is 2.28 bits per heavy atom. The van der Waals surface area contributed by atoms with Crippen LogP contribution in [0.4, 0.5) is 5.69 Å². The summed E-state index contributed by atoms with van der Waals surface area (Å²) in [6, 6.07) is 7.84. The fourth-order valence-electron chi connectivity index (χ4n) is 4.23. The third-order valence-corrected chi connectivity index (χ3v) is 5.58. The van der Waals surface area contributed by atoms with Gasteiger partial charge in [-0.05, 0) is 37.4 Å². The van der Waals surface area contributed by atoms with Crippen LogP contribution in [0.3, 0.4) is 0 Å². The molecule has 2 aromatic rings. The van der Waals surface area contributed by atoms with Crippen molar-refractivity contribution in [1.29, 1.82) is 0 Å². The lowest BCUT2D eigenvalue weighted by Gasteiger charge is -2.37. The maximum atomic E-state index is 13.1. The zero-order valence-electron chi connectivity index (χ0n) is 14.4. The smallest absolute Gasteiger partial charge is 0.232 e. The van der Waals surface area contributed by atoms with Crippen molar-refractivity contribution in [2.75, 3.05) is 18.4 Å². The monoisotopic (exact) mass is 361 g/mol. The predicted molar refractivity (Wildman–Crippen MR) is 99.6 cm³/mol. The quantitative estimate of drug-likeness (QED) is 0.881. The normalized spacial score (nSPS) is 25.1. The van der Waals surface area contributed by atoms with E-state index in [-0.39, 0.29) is 23.7 Å². The molecule has 2 N–H and O–H groups in total. The Morgan fingerprint density at radius 3 is 3.08 bits per heavy atom. The predicted octanol–water partition coefficient (Wildman–Crippen LogP) is 2.62. The summed E-state index contributed by atoms with van der Waals surface area (Å²) in [5.74, 6) is 1.42. The number of aromatic nitrogens is 3. The number of fused-ring (bicyclic) bond motifs is 1. The Kier molecular flexibility index (Phi) is 5.11. The molecular weight excluding hydrogens is 338 g/mol. The lowest BCUT2D eigenvalue weighted by molar-refractivity contribution is -0.128. The van der Waals surface area contributed by atoms with Gasteiger partial charge in [0.25, 0.3) is 0 Å². The van der Waals surface area contributed by atoms with E-state index < -0.39 is 0 Å². The summed E-state index contributed by atoms with van der Waals surface area (Å²) in [5, 5.41) is 14.7. The fraction of sp³-hybridized carbons (Fsp3) is 0.500. The van der Waals surface area contributed by atoms with Crippen LogP contribution in [0.1, 0.15) is 25.7 Å². The van der Waals surface area contributed by atoms with Crippen molar-refractivity contribution in [3.63, 3.8) is 0 Å². The Bertz CT molecular complexity index is 761. The number of nitrogens with zero attached hydrogens (tertiary/aromatic N) is 3. The van der Waals surface area contributed by atoms with E-state index in [2.05, 4.69) is 20.8 Å². The molecule has 134 valence electrons. The highest BCUT2D eigenvalue weighted by Crippen LogP contribution is 2.44. The van der Waals surface area contributed by atoms with Gasteiger partial charge in [0, 0.05) is 24.8 Å². The minimum atomic E-state index is -0.237. The van der Waals surface area contributed by atoms with Crippen molar-refractivity contribution in [3.8, 4) is 11.4 Å². The molecule has 1 aromatic carbocycles. The summed E-state index contributed by atoms with van der Waals surface area (Å²) in [4.78, 5) is 13.1. The van der Waals surface area contributed by atoms with E-state index in [9.17, 15) is 4.79 Å². The maximum Gasteiger partial charge on any atom is 0.232 e. The van der Waals surface area contributed by atoms with Crippen LogP contribution in [0, 0.1) is 11.3 Å². The number of hydrogen-bond donors (Lipinski definition) is 2. The molecule has 2 fully saturated rings. The first kappa shape index (κ1) is 17.9.